The van der Waals surface area contributed by atoms with E-state index in [0.29, 0.717) is 22.4 Å². The van der Waals surface area contributed by atoms with E-state index in [2.05, 4.69) is 15.0 Å². The molecule has 0 atom stereocenters. The zero-order valence-corrected chi connectivity index (χ0v) is 11.4. The number of nitrogens with zero attached hydrogens (tertiary/aromatic N) is 2. The quantitative estimate of drug-likeness (QED) is 0.640. The third-order valence-electron chi connectivity index (χ3n) is 2.19. The van der Waals surface area contributed by atoms with Crippen molar-refractivity contribution in [3.63, 3.8) is 0 Å². The fourth-order valence-electron chi connectivity index (χ4n) is 1.38. The van der Waals surface area contributed by atoms with Gasteiger partial charge in [-0.3, -0.25) is 4.79 Å². The number of nitrogens with two attached hydrogens (primary N) is 1. The van der Waals surface area contributed by atoms with Crippen molar-refractivity contribution in [1.29, 1.82) is 0 Å². The van der Waals surface area contributed by atoms with E-state index in [4.69, 9.17) is 10.5 Å². The maximum absolute atomic E-state index is 11.5. The molecule has 8 heteroatoms. The van der Waals surface area contributed by atoms with E-state index in [1.165, 1.54) is 12.3 Å². The van der Waals surface area contributed by atoms with Crippen LogP contribution in [-0.4, -0.2) is 27.5 Å². The number of hydrogen-bond acceptors (Lipinski definition) is 7. The molecule has 0 amide bonds. The first kappa shape index (κ1) is 14.1. The Labute approximate surface area is 118 Å². The van der Waals surface area contributed by atoms with Crippen molar-refractivity contribution in [2.75, 3.05) is 12.3 Å². The Balaban J connectivity index is 2.14. The van der Waals surface area contributed by atoms with Gasteiger partial charge in [0, 0.05) is 12.3 Å². The van der Waals surface area contributed by atoms with Gasteiger partial charge in [0.2, 0.25) is 0 Å². The van der Waals surface area contributed by atoms with Gasteiger partial charge in [0.15, 0.2) is 5.16 Å². The van der Waals surface area contributed by atoms with Crippen molar-refractivity contribution in [2.45, 2.75) is 17.1 Å². The number of aromatic nitrogens is 3. The monoisotopic (exact) mass is 292 g/mol. The summed E-state index contributed by atoms with van der Waals surface area (Å²) in [5.41, 5.74) is 5.52. The summed E-state index contributed by atoms with van der Waals surface area (Å²) >= 11 is 1.14. The predicted molar refractivity (Wildman–Crippen MR) is 73.6 cm³/mol. The number of carbonyl (C=O) groups excluding carboxylic acids is 1. The van der Waals surface area contributed by atoms with Crippen LogP contribution in [0, 0.1) is 0 Å². The molecule has 0 fully saturated rings. The molecule has 0 spiro atoms. The SMILES string of the molecule is CCOC(=O)c1ccc(Sc2nc(N)cc(=O)[nH]2)nc1. The van der Waals surface area contributed by atoms with Crippen LogP contribution in [0.15, 0.2) is 39.4 Å². The molecule has 104 valence electrons. The second-order valence-corrected chi connectivity index (χ2v) is 4.69. The van der Waals surface area contributed by atoms with Crippen LogP contribution in [0.4, 0.5) is 5.82 Å². The minimum Gasteiger partial charge on any atom is -0.462 e. The predicted octanol–water partition coefficient (Wildman–Crippen LogP) is 1.07. The highest BCUT2D eigenvalue weighted by atomic mass is 32.2. The molecule has 2 heterocycles. The average Bonchev–Trinajstić information content (AvgIpc) is 2.38. The lowest BCUT2D eigenvalue weighted by Gasteiger charge is -2.03. The van der Waals surface area contributed by atoms with Crippen molar-refractivity contribution in [3.05, 3.63) is 40.3 Å². The van der Waals surface area contributed by atoms with Gasteiger partial charge in [0.1, 0.15) is 10.8 Å². The van der Waals surface area contributed by atoms with E-state index in [1.807, 2.05) is 0 Å². The van der Waals surface area contributed by atoms with E-state index in [1.54, 1.807) is 19.1 Å². The number of nitrogen functional groups attached to an aromatic ring is 1. The molecule has 3 N–H and O–H groups in total. The van der Waals surface area contributed by atoms with Gasteiger partial charge in [0.05, 0.1) is 12.2 Å². The first-order valence-corrected chi connectivity index (χ1v) is 6.58. The number of anilines is 1. The minimum atomic E-state index is -0.424. The summed E-state index contributed by atoms with van der Waals surface area (Å²) in [6.07, 6.45) is 1.41. The Morgan fingerprint density at radius 3 is 2.90 bits per heavy atom. The number of esters is 1. The van der Waals surface area contributed by atoms with Gasteiger partial charge in [-0.25, -0.2) is 14.8 Å². The fourth-order valence-corrected chi connectivity index (χ4v) is 2.12. The Bertz CT molecular complexity index is 669. The molecular weight excluding hydrogens is 280 g/mol. The van der Waals surface area contributed by atoms with Crippen molar-refractivity contribution < 1.29 is 9.53 Å². The number of rotatable bonds is 4. The summed E-state index contributed by atoms with van der Waals surface area (Å²) in [5, 5.41) is 0.915. The number of hydrogen-bond donors (Lipinski definition) is 2. The van der Waals surface area contributed by atoms with Gasteiger partial charge in [0.25, 0.3) is 5.56 Å². The second kappa shape index (κ2) is 6.20. The van der Waals surface area contributed by atoms with Crippen molar-refractivity contribution in [3.8, 4) is 0 Å². The second-order valence-electron chi connectivity index (χ2n) is 3.68. The molecule has 0 unspecified atom stereocenters. The van der Waals surface area contributed by atoms with Crippen molar-refractivity contribution in [1.82, 2.24) is 15.0 Å². The molecule has 0 aromatic carbocycles. The van der Waals surface area contributed by atoms with Gasteiger partial charge in [-0.2, -0.15) is 0 Å². The first-order valence-electron chi connectivity index (χ1n) is 5.76. The maximum atomic E-state index is 11.5. The van der Waals surface area contributed by atoms with E-state index < -0.39 is 5.97 Å². The maximum Gasteiger partial charge on any atom is 0.339 e. The Morgan fingerprint density at radius 2 is 2.30 bits per heavy atom. The van der Waals surface area contributed by atoms with Gasteiger partial charge in [-0.15, -0.1) is 0 Å². The highest BCUT2D eigenvalue weighted by Crippen LogP contribution is 2.22. The van der Waals surface area contributed by atoms with Gasteiger partial charge < -0.3 is 15.5 Å². The van der Waals surface area contributed by atoms with Gasteiger partial charge >= 0.3 is 5.97 Å². The number of ether oxygens (including phenoxy) is 1. The van der Waals surface area contributed by atoms with E-state index in [0.717, 1.165) is 11.8 Å². The van der Waals surface area contributed by atoms with Crippen LogP contribution in [0.2, 0.25) is 0 Å². The van der Waals surface area contributed by atoms with E-state index in [9.17, 15) is 9.59 Å². The number of nitrogens with one attached hydrogen (secondary N) is 1. The normalized spacial score (nSPS) is 10.2. The molecule has 0 aliphatic heterocycles. The van der Waals surface area contributed by atoms with Gasteiger partial charge in [-0.1, -0.05) is 0 Å². The highest BCUT2D eigenvalue weighted by molar-refractivity contribution is 7.99. The smallest absolute Gasteiger partial charge is 0.339 e. The highest BCUT2D eigenvalue weighted by Gasteiger charge is 2.08. The molecule has 0 radical (unpaired) electrons. The summed E-state index contributed by atoms with van der Waals surface area (Å²) in [6, 6.07) is 4.43. The zero-order chi connectivity index (χ0) is 14.5. The van der Waals surface area contributed by atoms with E-state index >= 15 is 0 Å². The summed E-state index contributed by atoms with van der Waals surface area (Å²) in [6.45, 7) is 2.04. The van der Waals surface area contributed by atoms with Crippen LogP contribution >= 0.6 is 11.8 Å². The lowest BCUT2D eigenvalue weighted by Crippen LogP contribution is -2.09. The molecule has 7 nitrogen and oxygen atoms in total. The lowest BCUT2D eigenvalue weighted by atomic mass is 10.3. The summed E-state index contributed by atoms with van der Waals surface area (Å²) in [7, 11) is 0. The molecule has 0 aliphatic rings. The summed E-state index contributed by atoms with van der Waals surface area (Å²) in [5.74, 6) is -0.286. The van der Waals surface area contributed by atoms with Crippen LogP contribution in [0.25, 0.3) is 0 Å². The fraction of sp³-hybridized carbons (Fsp3) is 0.167. The van der Waals surface area contributed by atoms with Crippen LogP contribution in [0.3, 0.4) is 0 Å². The number of carbonyl (C=O) groups is 1. The van der Waals surface area contributed by atoms with Crippen LogP contribution in [-0.2, 0) is 4.74 Å². The number of H-pyrrole nitrogens is 1. The molecule has 0 bridgehead atoms. The largest absolute Gasteiger partial charge is 0.462 e. The van der Waals surface area contributed by atoms with Crippen molar-refractivity contribution in [2.24, 2.45) is 0 Å². The standard InChI is InChI=1S/C12H12N4O3S/c1-2-19-11(18)7-3-4-10(14-6-7)20-12-15-8(13)5-9(17)16-12/h3-6H,2H2,1H3,(H3,13,15,16,17). The third-order valence-corrected chi connectivity index (χ3v) is 3.03. The average molecular weight is 292 g/mol. The van der Waals surface area contributed by atoms with E-state index in [-0.39, 0.29) is 11.4 Å². The number of aromatic amines is 1. The molecular formula is C12H12N4O3S. The topological polar surface area (TPSA) is 111 Å². The summed E-state index contributed by atoms with van der Waals surface area (Å²) < 4.78 is 4.86. The van der Waals surface area contributed by atoms with Crippen LogP contribution in [0.5, 0.6) is 0 Å². The van der Waals surface area contributed by atoms with Gasteiger partial charge in [-0.05, 0) is 30.8 Å². The first-order chi connectivity index (χ1) is 9.58. The Kier molecular flexibility index (Phi) is 4.36. The molecule has 0 aliphatic carbocycles. The Hall–Kier alpha value is -2.35. The number of pyridine rings is 1. The molecule has 2 aromatic heterocycles. The lowest BCUT2D eigenvalue weighted by molar-refractivity contribution is 0.0525. The van der Waals surface area contributed by atoms with Crippen molar-refractivity contribution >= 4 is 23.5 Å². The third kappa shape index (κ3) is 3.58. The molecule has 2 rings (SSSR count). The molecule has 0 saturated heterocycles. The molecule has 0 saturated carbocycles. The summed E-state index contributed by atoms with van der Waals surface area (Å²) in [4.78, 5) is 33.3. The van der Waals surface area contributed by atoms with Crippen LogP contribution in [0.1, 0.15) is 17.3 Å². The molecule has 20 heavy (non-hydrogen) atoms. The Morgan fingerprint density at radius 1 is 1.50 bits per heavy atom. The zero-order valence-electron chi connectivity index (χ0n) is 10.6. The minimum absolute atomic E-state index is 0.138. The molecule has 2 aromatic rings. The van der Waals surface area contributed by atoms with Crippen LogP contribution < -0.4 is 11.3 Å².